The Hall–Kier alpha value is -3.22. The van der Waals surface area contributed by atoms with Crippen molar-refractivity contribution < 1.29 is 13.9 Å². The predicted molar refractivity (Wildman–Crippen MR) is 92.0 cm³/mol. The van der Waals surface area contributed by atoms with E-state index in [4.69, 9.17) is 4.74 Å². The highest BCUT2D eigenvalue weighted by atomic mass is 19.1. The van der Waals surface area contributed by atoms with Crippen molar-refractivity contribution in [3.63, 3.8) is 0 Å². The molecular formula is C18H17FN4O2. The second-order valence-corrected chi connectivity index (χ2v) is 5.27. The van der Waals surface area contributed by atoms with Gasteiger partial charge < -0.3 is 10.1 Å². The van der Waals surface area contributed by atoms with Gasteiger partial charge in [0.25, 0.3) is 5.91 Å². The van der Waals surface area contributed by atoms with Crippen LogP contribution in [-0.4, -0.2) is 27.8 Å². The summed E-state index contributed by atoms with van der Waals surface area (Å²) in [6.07, 6.45) is 3.17. The van der Waals surface area contributed by atoms with Crippen LogP contribution in [0.5, 0.6) is 5.75 Å². The van der Waals surface area contributed by atoms with E-state index in [1.807, 2.05) is 6.92 Å². The molecule has 0 spiro atoms. The number of benzene rings is 1. The topological polar surface area (TPSA) is 69.0 Å². The third kappa shape index (κ3) is 3.50. The predicted octanol–water partition coefficient (Wildman–Crippen LogP) is 3.37. The fourth-order valence-electron chi connectivity index (χ4n) is 2.43. The number of amides is 1. The molecule has 0 bridgehead atoms. The van der Waals surface area contributed by atoms with E-state index in [1.54, 1.807) is 42.7 Å². The maximum atomic E-state index is 14.3. The van der Waals surface area contributed by atoms with E-state index < -0.39 is 5.82 Å². The highest BCUT2D eigenvalue weighted by Gasteiger charge is 2.18. The molecule has 2 heterocycles. The maximum absolute atomic E-state index is 14.3. The molecule has 1 amide bonds. The van der Waals surface area contributed by atoms with Crippen LogP contribution < -0.4 is 10.1 Å². The Balaban J connectivity index is 1.93. The fraction of sp³-hybridized carbons (Fsp3) is 0.167. The average Bonchev–Trinajstić information content (AvgIpc) is 3.06. The van der Waals surface area contributed by atoms with Crippen LogP contribution in [0, 0.1) is 5.82 Å². The largest absolute Gasteiger partial charge is 0.497 e. The first-order chi connectivity index (χ1) is 12.1. The van der Waals surface area contributed by atoms with E-state index >= 15 is 0 Å². The number of carbonyl (C=O) groups is 1. The van der Waals surface area contributed by atoms with Crippen LogP contribution in [0.3, 0.4) is 0 Å². The number of anilines is 1. The summed E-state index contributed by atoms with van der Waals surface area (Å²) in [6, 6.07) is 9.56. The zero-order chi connectivity index (χ0) is 17.8. The van der Waals surface area contributed by atoms with E-state index in [2.05, 4.69) is 15.4 Å². The molecule has 3 rings (SSSR count). The molecule has 0 aliphatic heterocycles. The number of rotatable bonds is 5. The number of aryl methyl sites for hydroxylation is 1. The minimum absolute atomic E-state index is 0.309. The third-order valence-electron chi connectivity index (χ3n) is 3.68. The quantitative estimate of drug-likeness (QED) is 0.773. The zero-order valence-electron chi connectivity index (χ0n) is 13.9. The summed E-state index contributed by atoms with van der Waals surface area (Å²) in [7, 11) is 1.47. The number of aromatic nitrogens is 3. The number of halogens is 1. The summed E-state index contributed by atoms with van der Waals surface area (Å²) in [5.74, 6) is -0.368. The third-order valence-corrected chi connectivity index (χ3v) is 3.68. The molecule has 1 N–H and O–H groups in total. The minimum atomic E-state index is -0.459. The van der Waals surface area contributed by atoms with Crippen LogP contribution in [0.1, 0.15) is 17.4 Å². The molecule has 1 aromatic carbocycles. The highest BCUT2D eigenvalue weighted by molar-refractivity contribution is 6.03. The van der Waals surface area contributed by atoms with Crippen molar-refractivity contribution in [2.75, 3.05) is 12.4 Å². The second-order valence-electron chi connectivity index (χ2n) is 5.27. The van der Waals surface area contributed by atoms with Crippen molar-refractivity contribution in [1.82, 2.24) is 14.8 Å². The van der Waals surface area contributed by atoms with E-state index in [-0.39, 0.29) is 5.91 Å². The lowest BCUT2D eigenvalue weighted by Gasteiger charge is -2.05. The van der Waals surface area contributed by atoms with Gasteiger partial charge in [0, 0.05) is 24.4 Å². The molecule has 0 aliphatic carbocycles. The summed E-state index contributed by atoms with van der Waals surface area (Å²) < 4.78 is 20.8. The van der Waals surface area contributed by atoms with E-state index in [1.165, 1.54) is 17.9 Å². The van der Waals surface area contributed by atoms with E-state index in [0.717, 1.165) is 0 Å². The average molecular weight is 340 g/mol. The van der Waals surface area contributed by atoms with Gasteiger partial charge in [-0.25, -0.2) is 4.39 Å². The Morgan fingerprint density at radius 3 is 2.80 bits per heavy atom. The van der Waals surface area contributed by atoms with Crippen molar-refractivity contribution in [3.05, 3.63) is 60.3 Å². The van der Waals surface area contributed by atoms with Gasteiger partial charge in [-0.1, -0.05) is 0 Å². The van der Waals surface area contributed by atoms with Gasteiger partial charge in [-0.15, -0.1) is 0 Å². The fourth-order valence-corrected chi connectivity index (χ4v) is 2.43. The van der Waals surface area contributed by atoms with Gasteiger partial charge in [0.1, 0.15) is 17.3 Å². The molecule has 0 fully saturated rings. The number of carbonyl (C=O) groups excluding carboxylic acids is 1. The number of nitrogens with zero attached hydrogens (tertiary/aromatic N) is 3. The van der Waals surface area contributed by atoms with Crippen LogP contribution in [0.15, 0.2) is 48.8 Å². The minimum Gasteiger partial charge on any atom is -0.497 e. The summed E-state index contributed by atoms with van der Waals surface area (Å²) in [5.41, 5.74) is 1.62. The molecule has 0 radical (unpaired) electrons. The molecule has 0 atom stereocenters. The van der Waals surface area contributed by atoms with Gasteiger partial charge in [0.15, 0.2) is 0 Å². The van der Waals surface area contributed by atoms with Crippen LogP contribution in [-0.2, 0) is 6.54 Å². The molecule has 0 unspecified atom stereocenters. The molecule has 7 heteroatoms. The first-order valence-corrected chi connectivity index (χ1v) is 7.75. The maximum Gasteiger partial charge on any atom is 0.273 e. The Labute approximate surface area is 144 Å². The molecule has 0 saturated carbocycles. The standard InChI is InChI=1S/C18H17FN4O2/c1-3-23-17(18(24)21-12-5-4-8-20-11-12)10-16(22-23)14-7-6-13(25-2)9-15(14)19/h4-11H,3H2,1-2H3,(H,21,24). The SMILES string of the molecule is CCn1nc(-c2ccc(OC)cc2F)cc1C(=O)Nc1cccnc1. The summed E-state index contributed by atoms with van der Waals surface area (Å²) in [5, 5.41) is 7.09. The molecule has 3 aromatic rings. The molecule has 128 valence electrons. The number of pyridine rings is 1. The van der Waals surface area contributed by atoms with Crippen molar-refractivity contribution in [2.24, 2.45) is 0 Å². The normalized spacial score (nSPS) is 10.5. The number of hydrogen-bond acceptors (Lipinski definition) is 4. The van der Waals surface area contributed by atoms with Crippen LogP contribution in [0.4, 0.5) is 10.1 Å². The molecular weight excluding hydrogens is 323 g/mol. The van der Waals surface area contributed by atoms with Gasteiger partial charge >= 0.3 is 0 Å². The summed E-state index contributed by atoms with van der Waals surface area (Å²) in [4.78, 5) is 16.5. The lowest BCUT2D eigenvalue weighted by molar-refractivity contribution is 0.101. The van der Waals surface area contributed by atoms with Gasteiger partial charge in [0.05, 0.1) is 24.7 Å². The smallest absolute Gasteiger partial charge is 0.273 e. The van der Waals surface area contributed by atoms with Gasteiger partial charge in [-0.3, -0.25) is 14.5 Å². The number of methoxy groups -OCH3 is 1. The lowest BCUT2D eigenvalue weighted by atomic mass is 10.1. The molecule has 25 heavy (non-hydrogen) atoms. The van der Waals surface area contributed by atoms with Crippen molar-refractivity contribution in [2.45, 2.75) is 13.5 Å². The van der Waals surface area contributed by atoms with Crippen molar-refractivity contribution in [3.8, 4) is 17.0 Å². The summed E-state index contributed by atoms with van der Waals surface area (Å²) >= 11 is 0. The van der Waals surface area contributed by atoms with Gasteiger partial charge in [-0.05, 0) is 37.3 Å². The zero-order valence-corrected chi connectivity index (χ0v) is 13.9. The lowest BCUT2D eigenvalue weighted by Crippen LogP contribution is -2.17. The second kappa shape index (κ2) is 7.12. The highest BCUT2D eigenvalue weighted by Crippen LogP contribution is 2.26. The van der Waals surface area contributed by atoms with Crippen LogP contribution in [0.2, 0.25) is 0 Å². The Morgan fingerprint density at radius 2 is 2.16 bits per heavy atom. The Morgan fingerprint density at radius 1 is 1.32 bits per heavy atom. The van der Waals surface area contributed by atoms with E-state index in [9.17, 15) is 9.18 Å². The van der Waals surface area contributed by atoms with Crippen molar-refractivity contribution in [1.29, 1.82) is 0 Å². The van der Waals surface area contributed by atoms with Gasteiger partial charge in [-0.2, -0.15) is 5.10 Å². The number of hydrogen-bond donors (Lipinski definition) is 1. The molecule has 0 saturated heterocycles. The molecule has 6 nitrogen and oxygen atoms in total. The number of nitrogens with one attached hydrogen (secondary N) is 1. The van der Waals surface area contributed by atoms with Crippen LogP contribution >= 0.6 is 0 Å². The Bertz CT molecular complexity index is 893. The first kappa shape index (κ1) is 16.6. The van der Waals surface area contributed by atoms with Gasteiger partial charge in [0.2, 0.25) is 0 Å². The van der Waals surface area contributed by atoms with Crippen molar-refractivity contribution >= 4 is 11.6 Å². The number of ether oxygens (including phenoxy) is 1. The summed E-state index contributed by atoms with van der Waals surface area (Å²) in [6.45, 7) is 2.34. The van der Waals surface area contributed by atoms with E-state index in [0.29, 0.717) is 34.9 Å². The Kier molecular flexibility index (Phi) is 4.74. The molecule has 0 aliphatic rings. The van der Waals surface area contributed by atoms with Crippen LogP contribution in [0.25, 0.3) is 11.3 Å². The monoisotopic (exact) mass is 340 g/mol. The first-order valence-electron chi connectivity index (χ1n) is 7.75. The molecule has 2 aromatic heterocycles.